The highest BCUT2D eigenvalue weighted by molar-refractivity contribution is 7.80. The van der Waals surface area contributed by atoms with Crippen LogP contribution in [0.4, 0.5) is 5.82 Å². The second-order valence-corrected chi connectivity index (χ2v) is 6.18. The SMILES string of the molecule is COCCN(c1nnc(C)c(C)c1C(N)=S)C(C)C1CC1. The van der Waals surface area contributed by atoms with Crippen molar-refractivity contribution in [3.05, 3.63) is 16.8 Å². The van der Waals surface area contributed by atoms with Gasteiger partial charge in [0.15, 0.2) is 5.82 Å². The number of thiocarbonyl (C=S) groups is 1. The number of nitrogens with two attached hydrogens (primary N) is 1. The lowest BCUT2D eigenvalue weighted by Crippen LogP contribution is -2.39. The van der Waals surface area contributed by atoms with Gasteiger partial charge in [0.25, 0.3) is 0 Å². The Morgan fingerprint density at radius 3 is 2.62 bits per heavy atom. The predicted molar refractivity (Wildman–Crippen MR) is 88.8 cm³/mol. The van der Waals surface area contributed by atoms with E-state index in [1.807, 2.05) is 13.8 Å². The summed E-state index contributed by atoms with van der Waals surface area (Å²) in [4.78, 5) is 2.63. The first-order valence-corrected chi connectivity index (χ1v) is 7.77. The molecule has 21 heavy (non-hydrogen) atoms. The number of ether oxygens (including phenoxy) is 1. The molecule has 1 unspecified atom stereocenters. The van der Waals surface area contributed by atoms with Crippen molar-refractivity contribution in [1.82, 2.24) is 10.2 Å². The Hall–Kier alpha value is -1.27. The molecule has 0 bridgehead atoms. The van der Waals surface area contributed by atoms with Gasteiger partial charge in [-0.2, -0.15) is 5.10 Å². The van der Waals surface area contributed by atoms with E-state index in [0.717, 1.165) is 29.2 Å². The zero-order chi connectivity index (χ0) is 15.6. The Morgan fingerprint density at radius 1 is 1.43 bits per heavy atom. The van der Waals surface area contributed by atoms with Crippen molar-refractivity contribution < 1.29 is 4.74 Å². The Bertz CT molecular complexity index is 531. The third kappa shape index (κ3) is 3.49. The maximum atomic E-state index is 5.95. The quantitative estimate of drug-likeness (QED) is 0.777. The molecule has 1 aromatic heterocycles. The third-order valence-corrected chi connectivity index (χ3v) is 4.49. The number of rotatable bonds is 7. The minimum absolute atomic E-state index is 0.380. The molecule has 1 atom stereocenters. The van der Waals surface area contributed by atoms with E-state index >= 15 is 0 Å². The number of hydrogen-bond acceptors (Lipinski definition) is 5. The molecule has 116 valence electrons. The molecule has 0 aromatic carbocycles. The zero-order valence-corrected chi connectivity index (χ0v) is 14.0. The van der Waals surface area contributed by atoms with Crippen LogP contribution < -0.4 is 10.6 Å². The molecule has 1 saturated carbocycles. The molecule has 0 aliphatic heterocycles. The van der Waals surface area contributed by atoms with Gasteiger partial charge in [-0.1, -0.05) is 12.2 Å². The number of nitrogens with zero attached hydrogens (tertiary/aromatic N) is 3. The summed E-state index contributed by atoms with van der Waals surface area (Å²) in [6.07, 6.45) is 2.54. The molecule has 1 aliphatic carbocycles. The van der Waals surface area contributed by atoms with Crippen molar-refractivity contribution >= 4 is 23.0 Å². The normalized spacial score (nSPS) is 15.8. The van der Waals surface area contributed by atoms with Crippen molar-refractivity contribution in [2.45, 2.75) is 39.7 Å². The number of hydrogen-bond donors (Lipinski definition) is 1. The first-order chi connectivity index (χ1) is 9.97. The minimum Gasteiger partial charge on any atom is -0.389 e. The van der Waals surface area contributed by atoms with Gasteiger partial charge in [0.1, 0.15) is 4.99 Å². The van der Waals surface area contributed by atoms with E-state index in [2.05, 4.69) is 22.0 Å². The average molecular weight is 308 g/mol. The molecule has 0 amide bonds. The molecule has 1 aromatic rings. The average Bonchev–Trinajstić information content (AvgIpc) is 3.26. The molecule has 1 fully saturated rings. The molecule has 1 aliphatic rings. The van der Waals surface area contributed by atoms with Gasteiger partial charge >= 0.3 is 0 Å². The van der Waals surface area contributed by atoms with E-state index in [0.29, 0.717) is 23.6 Å². The van der Waals surface area contributed by atoms with Crippen LogP contribution in [0.25, 0.3) is 0 Å². The molecular weight excluding hydrogens is 284 g/mol. The van der Waals surface area contributed by atoms with Crippen LogP contribution in [0.15, 0.2) is 0 Å². The molecule has 1 heterocycles. The topological polar surface area (TPSA) is 64.3 Å². The Morgan fingerprint density at radius 2 is 2.10 bits per heavy atom. The molecule has 0 radical (unpaired) electrons. The van der Waals surface area contributed by atoms with Crippen LogP contribution in [0.5, 0.6) is 0 Å². The highest BCUT2D eigenvalue weighted by atomic mass is 32.1. The summed E-state index contributed by atoms with van der Waals surface area (Å²) in [5.74, 6) is 1.51. The smallest absolute Gasteiger partial charge is 0.162 e. The van der Waals surface area contributed by atoms with Crippen molar-refractivity contribution in [3.63, 3.8) is 0 Å². The maximum absolute atomic E-state index is 5.95. The Balaban J connectivity index is 2.42. The van der Waals surface area contributed by atoms with Crippen LogP contribution in [0.2, 0.25) is 0 Å². The molecular formula is C15H24N4OS. The highest BCUT2D eigenvalue weighted by Crippen LogP contribution is 2.37. The second-order valence-electron chi connectivity index (χ2n) is 5.74. The lowest BCUT2D eigenvalue weighted by molar-refractivity contribution is 0.202. The van der Waals surface area contributed by atoms with Gasteiger partial charge in [0.2, 0.25) is 0 Å². The lowest BCUT2D eigenvalue weighted by atomic mass is 10.1. The lowest BCUT2D eigenvalue weighted by Gasteiger charge is -2.32. The summed E-state index contributed by atoms with van der Waals surface area (Å²) in [6.45, 7) is 7.56. The van der Waals surface area contributed by atoms with Crippen LogP contribution in [-0.2, 0) is 4.74 Å². The number of aromatic nitrogens is 2. The largest absolute Gasteiger partial charge is 0.389 e. The Kier molecular flexibility index (Phi) is 5.11. The van der Waals surface area contributed by atoms with Gasteiger partial charge in [-0.05, 0) is 45.1 Å². The first-order valence-electron chi connectivity index (χ1n) is 7.36. The summed E-state index contributed by atoms with van der Waals surface area (Å²) in [5, 5.41) is 8.66. The Labute approximate surface area is 131 Å². The van der Waals surface area contributed by atoms with Crippen LogP contribution >= 0.6 is 12.2 Å². The molecule has 0 spiro atoms. The molecule has 0 saturated heterocycles. The maximum Gasteiger partial charge on any atom is 0.162 e. The van der Waals surface area contributed by atoms with Crippen LogP contribution in [-0.4, -0.2) is 41.5 Å². The number of methoxy groups -OCH3 is 1. The fourth-order valence-electron chi connectivity index (χ4n) is 2.62. The van der Waals surface area contributed by atoms with Crippen molar-refractivity contribution in [2.75, 3.05) is 25.2 Å². The fraction of sp³-hybridized carbons (Fsp3) is 0.667. The van der Waals surface area contributed by atoms with Crippen molar-refractivity contribution in [3.8, 4) is 0 Å². The monoisotopic (exact) mass is 308 g/mol. The standard InChI is InChI=1S/C15H24N4OS/c1-9-10(2)17-18-15(13(9)14(16)21)19(7-8-20-4)11(3)12-5-6-12/h11-12H,5-8H2,1-4H3,(H2,16,21). The van der Waals surface area contributed by atoms with Gasteiger partial charge in [-0.15, -0.1) is 5.10 Å². The summed E-state index contributed by atoms with van der Waals surface area (Å²) < 4.78 is 5.24. The van der Waals surface area contributed by atoms with Gasteiger partial charge in [-0.3, -0.25) is 0 Å². The van der Waals surface area contributed by atoms with Crippen LogP contribution in [0.1, 0.15) is 36.6 Å². The fourth-order valence-corrected chi connectivity index (χ4v) is 2.86. The van der Waals surface area contributed by atoms with E-state index in [4.69, 9.17) is 22.7 Å². The molecule has 2 rings (SSSR count). The molecule has 5 nitrogen and oxygen atoms in total. The van der Waals surface area contributed by atoms with Gasteiger partial charge in [-0.25, -0.2) is 0 Å². The zero-order valence-electron chi connectivity index (χ0n) is 13.2. The highest BCUT2D eigenvalue weighted by Gasteiger charge is 2.34. The summed E-state index contributed by atoms with van der Waals surface area (Å²) in [5.41, 5.74) is 8.68. The van der Waals surface area contributed by atoms with Gasteiger partial charge in [0.05, 0.1) is 17.9 Å². The van der Waals surface area contributed by atoms with Crippen LogP contribution in [0, 0.1) is 19.8 Å². The third-order valence-electron chi connectivity index (χ3n) is 4.29. The van der Waals surface area contributed by atoms with Gasteiger partial charge < -0.3 is 15.4 Å². The van der Waals surface area contributed by atoms with Gasteiger partial charge in [0, 0.05) is 19.7 Å². The number of aryl methyl sites for hydroxylation is 1. The summed E-state index contributed by atoms with van der Waals surface area (Å²) in [6, 6.07) is 0.393. The first kappa shape index (κ1) is 16.1. The summed E-state index contributed by atoms with van der Waals surface area (Å²) >= 11 is 5.25. The van der Waals surface area contributed by atoms with E-state index in [9.17, 15) is 0 Å². The van der Waals surface area contributed by atoms with Crippen molar-refractivity contribution in [2.24, 2.45) is 11.7 Å². The summed E-state index contributed by atoms with van der Waals surface area (Å²) in [7, 11) is 1.71. The van der Waals surface area contributed by atoms with Crippen molar-refractivity contribution in [1.29, 1.82) is 0 Å². The van der Waals surface area contributed by atoms with Crippen LogP contribution in [0.3, 0.4) is 0 Å². The predicted octanol–water partition coefficient (Wildman–Crippen LogP) is 1.98. The van der Waals surface area contributed by atoms with E-state index in [-0.39, 0.29) is 0 Å². The minimum atomic E-state index is 0.380. The molecule has 2 N–H and O–H groups in total. The van der Waals surface area contributed by atoms with E-state index < -0.39 is 0 Å². The molecule has 6 heteroatoms. The van der Waals surface area contributed by atoms with E-state index in [1.165, 1.54) is 12.8 Å². The second kappa shape index (κ2) is 6.66. The number of anilines is 1. The van der Waals surface area contributed by atoms with E-state index in [1.54, 1.807) is 7.11 Å².